The molecule has 0 bridgehead atoms. The zero-order valence-electron chi connectivity index (χ0n) is 12.2. The Kier molecular flexibility index (Phi) is 3.35. The number of rotatable bonds is 3. The molecular formula is C17H15N3OS. The maximum absolute atomic E-state index is 5.88. The molecule has 1 aromatic heterocycles. The van der Waals surface area contributed by atoms with Crippen LogP contribution < -0.4 is 4.74 Å². The molecule has 22 heavy (non-hydrogen) atoms. The molecule has 0 fully saturated rings. The fourth-order valence-corrected chi connectivity index (χ4v) is 3.53. The number of thioether (sulfide) groups is 1. The van der Waals surface area contributed by atoms with Crippen molar-refractivity contribution < 1.29 is 4.74 Å². The summed E-state index contributed by atoms with van der Waals surface area (Å²) in [6.07, 6.45) is 0. The van der Waals surface area contributed by atoms with E-state index in [1.807, 2.05) is 24.3 Å². The van der Waals surface area contributed by atoms with E-state index in [1.54, 1.807) is 11.8 Å². The van der Waals surface area contributed by atoms with Crippen molar-refractivity contribution in [1.82, 2.24) is 14.8 Å². The highest BCUT2D eigenvalue weighted by atomic mass is 32.2. The van der Waals surface area contributed by atoms with Crippen LogP contribution in [0.1, 0.15) is 17.2 Å². The molecule has 0 atom stereocenters. The quantitative estimate of drug-likeness (QED) is 0.738. The van der Waals surface area contributed by atoms with Gasteiger partial charge in [0.05, 0.1) is 11.4 Å². The van der Waals surface area contributed by atoms with Gasteiger partial charge in [-0.15, -0.1) is 22.0 Å². The fraction of sp³-hybridized carbons (Fsp3) is 0.176. The molecule has 3 aromatic rings. The molecule has 0 spiro atoms. The summed E-state index contributed by atoms with van der Waals surface area (Å²) >= 11 is 1.80. The lowest BCUT2D eigenvalue weighted by Crippen LogP contribution is -2.11. The van der Waals surface area contributed by atoms with Crippen molar-refractivity contribution in [3.63, 3.8) is 0 Å². The van der Waals surface area contributed by atoms with E-state index in [1.165, 1.54) is 10.5 Å². The van der Waals surface area contributed by atoms with Gasteiger partial charge >= 0.3 is 0 Å². The average molecular weight is 309 g/mol. The summed E-state index contributed by atoms with van der Waals surface area (Å²) in [6, 6.07) is 16.4. The van der Waals surface area contributed by atoms with Crippen molar-refractivity contribution >= 4 is 11.8 Å². The molecule has 0 N–H and O–H groups in total. The molecule has 0 amide bonds. The molecule has 2 heterocycles. The first-order chi connectivity index (χ1) is 10.8. The highest BCUT2D eigenvalue weighted by Gasteiger charge is 2.21. The Morgan fingerprint density at radius 1 is 1.14 bits per heavy atom. The fourth-order valence-electron chi connectivity index (χ4n) is 2.58. The van der Waals surface area contributed by atoms with E-state index in [0.717, 1.165) is 28.8 Å². The van der Waals surface area contributed by atoms with Crippen molar-refractivity contribution in [2.75, 3.05) is 0 Å². The van der Waals surface area contributed by atoms with E-state index in [4.69, 9.17) is 4.74 Å². The molecule has 2 aromatic carbocycles. The van der Waals surface area contributed by atoms with Gasteiger partial charge in [-0.3, -0.25) is 4.57 Å². The smallest absolute Gasteiger partial charge is 0.175 e. The zero-order valence-corrected chi connectivity index (χ0v) is 13.0. The van der Waals surface area contributed by atoms with Crippen molar-refractivity contribution in [3.8, 4) is 11.4 Å². The Morgan fingerprint density at radius 3 is 2.95 bits per heavy atom. The number of benzene rings is 2. The van der Waals surface area contributed by atoms with E-state index in [-0.39, 0.29) is 0 Å². The number of aromatic nitrogens is 3. The maximum atomic E-state index is 5.88. The van der Waals surface area contributed by atoms with Crippen LogP contribution in [0.5, 0.6) is 5.75 Å². The third kappa shape index (κ3) is 2.37. The SMILES string of the molecule is Cc1cccc(OCc2nnc3n2-c2ccccc2SC3)c1. The van der Waals surface area contributed by atoms with Crippen LogP contribution in [0.25, 0.3) is 5.69 Å². The molecule has 0 unspecified atom stereocenters. The zero-order chi connectivity index (χ0) is 14.9. The van der Waals surface area contributed by atoms with Gasteiger partial charge in [0.15, 0.2) is 5.82 Å². The first-order valence-corrected chi connectivity index (χ1v) is 8.15. The third-order valence-corrected chi connectivity index (χ3v) is 4.68. The maximum Gasteiger partial charge on any atom is 0.175 e. The monoisotopic (exact) mass is 309 g/mol. The molecule has 0 saturated heterocycles. The molecule has 4 rings (SSSR count). The van der Waals surface area contributed by atoms with Crippen molar-refractivity contribution in [1.29, 1.82) is 0 Å². The number of aryl methyl sites for hydroxylation is 1. The summed E-state index contributed by atoms with van der Waals surface area (Å²) in [5.74, 6) is 3.51. The standard InChI is InChI=1S/C17H15N3OS/c1-12-5-4-6-13(9-12)21-10-16-18-19-17-11-22-15-8-3-2-7-14(15)20(16)17/h2-9H,10-11H2,1H3. The Labute approximate surface area is 133 Å². The van der Waals surface area contributed by atoms with E-state index in [0.29, 0.717) is 6.61 Å². The Bertz CT molecular complexity index is 828. The largest absolute Gasteiger partial charge is 0.486 e. The predicted molar refractivity (Wildman–Crippen MR) is 86.4 cm³/mol. The molecule has 1 aliphatic heterocycles. The van der Waals surface area contributed by atoms with Crippen LogP contribution in [-0.2, 0) is 12.4 Å². The van der Waals surface area contributed by atoms with Gasteiger partial charge in [0.25, 0.3) is 0 Å². The van der Waals surface area contributed by atoms with Crippen molar-refractivity contribution in [2.24, 2.45) is 0 Å². The van der Waals surface area contributed by atoms with Crippen LogP contribution in [-0.4, -0.2) is 14.8 Å². The lowest BCUT2D eigenvalue weighted by molar-refractivity contribution is 0.293. The summed E-state index contributed by atoms with van der Waals surface area (Å²) in [4.78, 5) is 1.26. The second kappa shape index (κ2) is 5.50. The number of hydrogen-bond donors (Lipinski definition) is 0. The van der Waals surface area contributed by atoms with Crippen LogP contribution in [0, 0.1) is 6.92 Å². The molecule has 5 heteroatoms. The third-order valence-electron chi connectivity index (χ3n) is 3.62. The second-order valence-corrected chi connectivity index (χ2v) is 6.25. The first-order valence-electron chi connectivity index (χ1n) is 7.16. The van der Waals surface area contributed by atoms with E-state index in [2.05, 4.69) is 46.0 Å². The van der Waals surface area contributed by atoms with E-state index < -0.39 is 0 Å². The van der Waals surface area contributed by atoms with Crippen LogP contribution in [0.4, 0.5) is 0 Å². The van der Waals surface area contributed by atoms with E-state index >= 15 is 0 Å². The normalized spacial score (nSPS) is 12.6. The molecule has 0 saturated carbocycles. The summed E-state index contributed by atoms with van der Waals surface area (Å²) in [6.45, 7) is 2.47. The van der Waals surface area contributed by atoms with Gasteiger partial charge < -0.3 is 4.74 Å². The van der Waals surface area contributed by atoms with Crippen LogP contribution >= 0.6 is 11.8 Å². The lowest BCUT2D eigenvalue weighted by Gasteiger charge is -2.18. The lowest BCUT2D eigenvalue weighted by atomic mass is 10.2. The van der Waals surface area contributed by atoms with Gasteiger partial charge in [-0.2, -0.15) is 0 Å². The predicted octanol–water partition coefficient (Wildman–Crippen LogP) is 3.76. The van der Waals surface area contributed by atoms with Crippen molar-refractivity contribution in [3.05, 3.63) is 65.7 Å². The summed E-state index contributed by atoms with van der Waals surface area (Å²) < 4.78 is 7.99. The minimum absolute atomic E-state index is 0.412. The first kappa shape index (κ1) is 13.4. The topological polar surface area (TPSA) is 39.9 Å². The summed E-state index contributed by atoms with van der Waals surface area (Å²) in [7, 11) is 0. The van der Waals surface area contributed by atoms with Crippen molar-refractivity contribution in [2.45, 2.75) is 24.2 Å². The van der Waals surface area contributed by atoms with Gasteiger partial charge in [-0.1, -0.05) is 24.3 Å². The molecule has 4 nitrogen and oxygen atoms in total. The average Bonchev–Trinajstić information content (AvgIpc) is 2.97. The van der Waals surface area contributed by atoms with Gasteiger partial charge in [0.2, 0.25) is 0 Å². The molecule has 110 valence electrons. The number of para-hydroxylation sites is 1. The summed E-state index contributed by atoms with van der Waals surface area (Å²) in [5, 5.41) is 8.61. The Hall–Kier alpha value is -2.27. The molecule has 1 aliphatic rings. The van der Waals surface area contributed by atoms with Crippen LogP contribution in [0.2, 0.25) is 0 Å². The van der Waals surface area contributed by atoms with Gasteiger partial charge in [-0.05, 0) is 36.8 Å². The molecule has 0 aliphatic carbocycles. The Morgan fingerprint density at radius 2 is 2.05 bits per heavy atom. The van der Waals surface area contributed by atoms with E-state index in [9.17, 15) is 0 Å². The van der Waals surface area contributed by atoms with Gasteiger partial charge in [-0.25, -0.2) is 0 Å². The molecule has 0 radical (unpaired) electrons. The summed E-state index contributed by atoms with van der Waals surface area (Å²) in [5.41, 5.74) is 2.32. The number of hydrogen-bond acceptors (Lipinski definition) is 4. The highest BCUT2D eigenvalue weighted by Crippen LogP contribution is 2.34. The number of fused-ring (bicyclic) bond motifs is 3. The van der Waals surface area contributed by atoms with Crippen LogP contribution in [0.3, 0.4) is 0 Å². The van der Waals surface area contributed by atoms with Crippen LogP contribution in [0.15, 0.2) is 53.4 Å². The second-order valence-electron chi connectivity index (χ2n) is 5.23. The number of nitrogens with zero attached hydrogens (tertiary/aromatic N) is 3. The van der Waals surface area contributed by atoms with Gasteiger partial charge in [0, 0.05) is 4.90 Å². The minimum atomic E-state index is 0.412. The minimum Gasteiger partial charge on any atom is -0.486 e. The number of ether oxygens (including phenoxy) is 1. The highest BCUT2D eigenvalue weighted by molar-refractivity contribution is 7.98. The van der Waals surface area contributed by atoms with Gasteiger partial charge in [0.1, 0.15) is 18.2 Å². The Balaban J connectivity index is 1.64. The molecular weight excluding hydrogens is 294 g/mol.